The summed E-state index contributed by atoms with van der Waals surface area (Å²) < 4.78 is 19.8. The highest BCUT2D eigenvalue weighted by atomic mass is 32.1. The summed E-state index contributed by atoms with van der Waals surface area (Å²) in [4.78, 5) is 12.5. The number of hydrogen-bond acceptors (Lipinski definition) is 6. The van der Waals surface area contributed by atoms with E-state index >= 15 is 0 Å². The van der Waals surface area contributed by atoms with Gasteiger partial charge in [-0.05, 0) is 67.6 Å². The highest BCUT2D eigenvalue weighted by Gasteiger charge is 2.08. The molecule has 0 aliphatic rings. The molecular formula is C23H19N3O3S. The molecule has 1 amide bonds. The summed E-state index contributed by atoms with van der Waals surface area (Å²) in [6.45, 7) is 2.25. The van der Waals surface area contributed by atoms with Gasteiger partial charge < -0.3 is 14.8 Å². The minimum atomic E-state index is -0.196. The molecule has 0 spiro atoms. The number of ether oxygens (including phenoxy) is 2. The molecule has 0 atom stereocenters. The van der Waals surface area contributed by atoms with Crippen molar-refractivity contribution in [3.8, 4) is 17.2 Å². The zero-order chi connectivity index (χ0) is 20.8. The Kier molecular flexibility index (Phi) is 6.01. The van der Waals surface area contributed by atoms with E-state index in [9.17, 15) is 4.79 Å². The van der Waals surface area contributed by atoms with Crippen molar-refractivity contribution in [2.75, 3.05) is 5.32 Å². The van der Waals surface area contributed by atoms with Crippen molar-refractivity contribution in [3.05, 3.63) is 95.8 Å². The molecule has 0 bridgehead atoms. The number of nitrogens with one attached hydrogen (secondary N) is 1. The number of aromatic nitrogens is 2. The SMILES string of the molecule is Cc1nsnc1COc1ccc(C(=O)Nc2ccc(Oc3ccccc3)cc2)cc1. The molecule has 0 saturated carbocycles. The van der Waals surface area contributed by atoms with Crippen molar-refractivity contribution >= 4 is 23.3 Å². The second-order valence-electron chi connectivity index (χ2n) is 6.50. The summed E-state index contributed by atoms with van der Waals surface area (Å²) in [7, 11) is 0. The van der Waals surface area contributed by atoms with Gasteiger partial charge in [-0.15, -0.1) is 0 Å². The highest BCUT2D eigenvalue weighted by molar-refractivity contribution is 6.99. The van der Waals surface area contributed by atoms with Crippen LogP contribution in [0.25, 0.3) is 0 Å². The van der Waals surface area contributed by atoms with Crippen molar-refractivity contribution < 1.29 is 14.3 Å². The molecule has 1 aromatic heterocycles. The topological polar surface area (TPSA) is 73.3 Å². The van der Waals surface area contributed by atoms with Crippen LogP contribution < -0.4 is 14.8 Å². The van der Waals surface area contributed by atoms with Crippen LogP contribution in [-0.4, -0.2) is 14.7 Å². The summed E-state index contributed by atoms with van der Waals surface area (Å²) in [5.74, 6) is 1.93. The molecule has 1 heterocycles. The van der Waals surface area contributed by atoms with Crippen LogP contribution in [0.4, 0.5) is 5.69 Å². The molecule has 0 fully saturated rings. The lowest BCUT2D eigenvalue weighted by molar-refractivity contribution is 0.102. The summed E-state index contributed by atoms with van der Waals surface area (Å²) in [5.41, 5.74) is 2.92. The van der Waals surface area contributed by atoms with E-state index in [0.717, 1.165) is 17.1 Å². The van der Waals surface area contributed by atoms with Crippen LogP contribution in [0.5, 0.6) is 17.2 Å². The maximum atomic E-state index is 12.5. The van der Waals surface area contributed by atoms with Crippen molar-refractivity contribution in [2.24, 2.45) is 0 Å². The third kappa shape index (κ3) is 5.01. The zero-order valence-electron chi connectivity index (χ0n) is 16.2. The van der Waals surface area contributed by atoms with Gasteiger partial charge in [0.05, 0.1) is 17.4 Å². The van der Waals surface area contributed by atoms with Gasteiger partial charge in [0.25, 0.3) is 5.91 Å². The molecular weight excluding hydrogens is 398 g/mol. The molecule has 6 nitrogen and oxygen atoms in total. The van der Waals surface area contributed by atoms with Gasteiger partial charge in [-0.25, -0.2) is 0 Å². The molecule has 0 unspecified atom stereocenters. The largest absolute Gasteiger partial charge is 0.487 e. The van der Waals surface area contributed by atoms with Crippen molar-refractivity contribution in [1.29, 1.82) is 0 Å². The molecule has 0 aliphatic carbocycles. The maximum absolute atomic E-state index is 12.5. The minimum absolute atomic E-state index is 0.196. The van der Waals surface area contributed by atoms with Crippen LogP contribution in [0.2, 0.25) is 0 Å². The van der Waals surface area contributed by atoms with Crippen molar-refractivity contribution in [2.45, 2.75) is 13.5 Å². The Labute approximate surface area is 178 Å². The summed E-state index contributed by atoms with van der Waals surface area (Å²) in [5, 5.41) is 2.88. The molecule has 0 aliphatic heterocycles. The number of carbonyl (C=O) groups excluding carboxylic acids is 1. The van der Waals surface area contributed by atoms with Crippen LogP contribution in [0.15, 0.2) is 78.9 Å². The Morgan fingerprint density at radius 1 is 0.867 bits per heavy atom. The molecule has 150 valence electrons. The van der Waals surface area contributed by atoms with E-state index in [-0.39, 0.29) is 5.91 Å². The smallest absolute Gasteiger partial charge is 0.255 e. The minimum Gasteiger partial charge on any atom is -0.487 e. The Bertz CT molecular complexity index is 1110. The first-order valence-electron chi connectivity index (χ1n) is 9.32. The number of amides is 1. The van der Waals surface area contributed by atoms with E-state index in [0.29, 0.717) is 29.4 Å². The number of anilines is 1. The van der Waals surface area contributed by atoms with Crippen LogP contribution in [0.1, 0.15) is 21.7 Å². The number of hydrogen-bond donors (Lipinski definition) is 1. The van der Waals surface area contributed by atoms with Crippen LogP contribution >= 0.6 is 11.7 Å². The summed E-state index contributed by atoms with van der Waals surface area (Å²) >= 11 is 1.17. The first-order valence-corrected chi connectivity index (χ1v) is 10.1. The third-order valence-electron chi connectivity index (χ3n) is 4.33. The number of aryl methyl sites for hydroxylation is 1. The van der Waals surface area contributed by atoms with E-state index in [4.69, 9.17) is 9.47 Å². The van der Waals surface area contributed by atoms with Gasteiger partial charge in [-0.1, -0.05) is 18.2 Å². The average molecular weight is 417 g/mol. The number of benzene rings is 3. The fourth-order valence-corrected chi connectivity index (χ4v) is 3.22. The summed E-state index contributed by atoms with van der Waals surface area (Å²) in [6.07, 6.45) is 0. The lowest BCUT2D eigenvalue weighted by Crippen LogP contribution is -2.11. The Hall–Kier alpha value is -3.71. The van der Waals surface area contributed by atoms with Crippen LogP contribution in [0, 0.1) is 6.92 Å². The highest BCUT2D eigenvalue weighted by Crippen LogP contribution is 2.23. The lowest BCUT2D eigenvalue weighted by Gasteiger charge is -2.09. The average Bonchev–Trinajstić information content (AvgIpc) is 3.19. The molecule has 1 N–H and O–H groups in total. The van der Waals surface area contributed by atoms with Crippen LogP contribution in [-0.2, 0) is 6.61 Å². The normalized spacial score (nSPS) is 10.4. The van der Waals surface area contributed by atoms with Crippen molar-refractivity contribution in [3.63, 3.8) is 0 Å². The van der Waals surface area contributed by atoms with E-state index < -0.39 is 0 Å². The van der Waals surface area contributed by atoms with Gasteiger partial charge in [-0.2, -0.15) is 8.75 Å². The van der Waals surface area contributed by atoms with Gasteiger partial charge in [0.2, 0.25) is 0 Å². The molecule has 3 aromatic carbocycles. The van der Waals surface area contributed by atoms with E-state index in [2.05, 4.69) is 14.1 Å². The second-order valence-corrected chi connectivity index (χ2v) is 7.03. The fraction of sp³-hybridized carbons (Fsp3) is 0.0870. The quantitative estimate of drug-likeness (QED) is 0.432. The predicted molar refractivity (Wildman–Crippen MR) is 116 cm³/mol. The molecule has 7 heteroatoms. The van der Waals surface area contributed by atoms with Gasteiger partial charge >= 0.3 is 0 Å². The van der Waals surface area contributed by atoms with Gasteiger partial charge in [-0.3, -0.25) is 4.79 Å². The van der Waals surface area contributed by atoms with E-state index in [1.807, 2.05) is 49.4 Å². The first-order chi connectivity index (χ1) is 14.7. The Morgan fingerprint density at radius 3 is 2.20 bits per heavy atom. The molecule has 30 heavy (non-hydrogen) atoms. The number of carbonyl (C=O) groups is 1. The molecule has 0 saturated heterocycles. The number of para-hydroxylation sites is 1. The second kappa shape index (κ2) is 9.19. The zero-order valence-corrected chi connectivity index (χ0v) is 17.1. The Morgan fingerprint density at radius 2 is 1.53 bits per heavy atom. The monoisotopic (exact) mass is 417 g/mol. The summed E-state index contributed by atoms with van der Waals surface area (Å²) in [6, 6.07) is 23.8. The van der Waals surface area contributed by atoms with Gasteiger partial charge in [0, 0.05) is 11.3 Å². The third-order valence-corrected chi connectivity index (χ3v) is 4.99. The van der Waals surface area contributed by atoms with Crippen molar-refractivity contribution in [1.82, 2.24) is 8.75 Å². The predicted octanol–water partition coefficient (Wildman–Crippen LogP) is 5.47. The lowest BCUT2D eigenvalue weighted by atomic mass is 10.2. The van der Waals surface area contributed by atoms with E-state index in [1.165, 1.54) is 11.7 Å². The first kappa shape index (κ1) is 19.6. The number of nitrogens with zero attached hydrogens (tertiary/aromatic N) is 2. The van der Waals surface area contributed by atoms with E-state index in [1.54, 1.807) is 36.4 Å². The van der Waals surface area contributed by atoms with Gasteiger partial charge in [0.15, 0.2) is 0 Å². The van der Waals surface area contributed by atoms with Gasteiger partial charge in [0.1, 0.15) is 29.5 Å². The van der Waals surface area contributed by atoms with Crippen LogP contribution in [0.3, 0.4) is 0 Å². The molecule has 0 radical (unpaired) electrons. The maximum Gasteiger partial charge on any atom is 0.255 e. The standard InChI is InChI=1S/C23H19N3O3S/c1-16-22(26-30-25-16)15-28-19-11-7-17(8-12-19)23(27)24-18-9-13-21(14-10-18)29-20-5-3-2-4-6-20/h2-14H,15H2,1H3,(H,24,27). The number of rotatable bonds is 7. The molecule has 4 rings (SSSR count). The fourth-order valence-electron chi connectivity index (χ4n) is 2.67. The molecule has 4 aromatic rings. The Balaban J connectivity index is 1.32.